The van der Waals surface area contributed by atoms with Crippen LogP contribution in [0, 0.1) is 0 Å². The van der Waals surface area contributed by atoms with Gasteiger partial charge in [0.25, 0.3) is 0 Å². The number of sulfonamides is 1. The van der Waals surface area contributed by atoms with Crippen LogP contribution in [-0.2, 0) is 23.0 Å². The number of piperidine rings is 1. The van der Waals surface area contributed by atoms with Gasteiger partial charge in [-0.2, -0.15) is 4.98 Å². The molecule has 1 saturated carbocycles. The maximum Gasteiger partial charge on any atom is 0.217 e. The summed E-state index contributed by atoms with van der Waals surface area (Å²) in [5.41, 5.74) is 5.31. The molecule has 2 aliphatic heterocycles. The monoisotopic (exact) mass is 482 g/mol. The number of aromatic nitrogens is 4. The SMILES string of the molecule is CC1Cc2ncnc(C3CCN(S(C)(=O)=O)CC3)c2CN1c1cc(OC2CC2)nc2[nH]ccc12. The fourth-order valence-electron chi connectivity index (χ4n) is 5.32. The van der Waals surface area contributed by atoms with E-state index < -0.39 is 10.0 Å². The summed E-state index contributed by atoms with van der Waals surface area (Å²) in [4.78, 5) is 19.7. The number of H-pyrrole nitrogens is 1. The highest BCUT2D eigenvalue weighted by atomic mass is 32.2. The number of rotatable bonds is 5. The third kappa shape index (κ3) is 4.02. The van der Waals surface area contributed by atoms with Gasteiger partial charge in [-0.25, -0.2) is 22.7 Å². The van der Waals surface area contributed by atoms with E-state index in [9.17, 15) is 8.42 Å². The summed E-state index contributed by atoms with van der Waals surface area (Å²) in [6.45, 7) is 4.03. The minimum Gasteiger partial charge on any atom is -0.474 e. The minimum atomic E-state index is -3.15. The second-order valence-electron chi connectivity index (χ2n) is 9.84. The highest BCUT2D eigenvalue weighted by Gasteiger charge is 2.33. The molecule has 9 nitrogen and oxygen atoms in total. The van der Waals surface area contributed by atoms with Crippen LogP contribution in [0.15, 0.2) is 24.7 Å². The predicted molar refractivity (Wildman–Crippen MR) is 130 cm³/mol. The molecule has 2 fully saturated rings. The van der Waals surface area contributed by atoms with Crippen molar-refractivity contribution >= 4 is 26.7 Å². The molecule has 5 heterocycles. The van der Waals surface area contributed by atoms with Crippen molar-refractivity contribution in [2.45, 2.75) is 63.6 Å². The van der Waals surface area contributed by atoms with Crippen LogP contribution in [0.1, 0.15) is 55.5 Å². The fourth-order valence-corrected chi connectivity index (χ4v) is 6.19. The van der Waals surface area contributed by atoms with E-state index in [1.165, 1.54) is 11.8 Å². The number of ether oxygens (including phenoxy) is 1. The molecule has 6 rings (SSSR count). The molecule has 0 amide bonds. The Labute approximate surface area is 199 Å². The summed E-state index contributed by atoms with van der Waals surface area (Å²) in [6.07, 6.45) is 9.75. The van der Waals surface area contributed by atoms with E-state index >= 15 is 0 Å². The molecule has 0 bridgehead atoms. The second-order valence-corrected chi connectivity index (χ2v) is 11.8. The number of nitrogens with one attached hydrogen (secondary N) is 1. The Hall–Kier alpha value is -2.72. The van der Waals surface area contributed by atoms with Crippen LogP contribution in [0.25, 0.3) is 11.0 Å². The predicted octanol–water partition coefficient (Wildman–Crippen LogP) is 2.98. The van der Waals surface area contributed by atoms with Crippen molar-refractivity contribution in [2.75, 3.05) is 24.2 Å². The van der Waals surface area contributed by atoms with Crippen molar-refractivity contribution < 1.29 is 13.2 Å². The van der Waals surface area contributed by atoms with Crippen LogP contribution < -0.4 is 9.64 Å². The van der Waals surface area contributed by atoms with Crippen LogP contribution in [0.4, 0.5) is 5.69 Å². The summed E-state index contributed by atoms with van der Waals surface area (Å²) >= 11 is 0. The van der Waals surface area contributed by atoms with Gasteiger partial charge in [-0.05, 0) is 38.7 Å². The van der Waals surface area contributed by atoms with Gasteiger partial charge in [0, 0.05) is 61.2 Å². The lowest BCUT2D eigenvalue weighted by atomic mass is 9.87. The van der Waals surface area contributed by atoms with Gasteiger partial charge in [-0.3, -0.25) is 0 Å². The van der Waals surface area contributed by atoms with E-state index in [2.05, 4.69) is 38.9 Å². The molecule has 0 radical (unpaired) electrons. The number of fused-ring (bicyclic) bond motifs is 2. The first kappa shape index (κ1) is 21.8. The molecule has 10 heteroatoms. The molecule has 1 aliphatic carbocycles. The molecule has 34 heavy (non-hydrogen) atoms. The number of anilines is 1. The molecular formula is C24H30N6O3S. The molecule has 1 unspecified atom stereocenters. The lowest BCUT2D eigenvalue weighted by Crippen LogP contribution is -2.41. The Morgan fingerprint density at radius 2 is 1.94 bits per heavy atom. The zero-order valence-corrected chi connectivity index (χ0v) is 20.4. The maximum absolute atomic E-state index is 12.0. The number of pyridine rings is 1. The van der Waals surface area contributed by atoms with E-state index in [1.807, 2.05) is 6.20 Å². The Morgan fingerprint density at radius 3 is 2.68 bits per heavy atom. The molecule has 3 aromatic rings. The lowest BCUT2D eigenvalue weighted by Gasteiger charge is -2.38. The topological polar surface area (TPSA) is 104 Å². The van der Waals surface area contributed by atoms with Crippen molar-refractivity contribution in [1.82, 2.24) is 24.2 Å². The molecule has 3 aliphatic rings. The van der Waals surface area contributed by atoms with Gasteiger partial charge >= 0.3 is 0 Å². The van der Waals surface area contributed by atoms with Crippen LogP contribution in [0.5, 0.6) is 5.88 Å². The van der Waals surface area contributed by atoms with Gasteiger partial charge in [-0.1, -0.05) is 0 Å². The zero-order chi connectivity index (χ0) is 23.4. The standard InChI is InChI=1S/C24H30N6O3S/c1-15-11-20-19(23(27-14-26-20)16-6-9-29(10-7-16)34(2,31)32)13-30(15)21-12-22(33-17-3-4-17)28-24-18(21)5-8-25-24/h5,8,12,14-17H,3-4,6-7,9-11,13H2,1-2H3,(H,25,28). The van der Waals surface area contributed by atoms with Crippen LogP contribution in [0.3, 0.4) is 0 Å². The van der Waals surface area contributed by atoms with E-state index in [1.54, 1.807) is 10.6 Å². The van der Waals surface area contributed by atoms with Crippen molar-refractivity contribution in [3.05, 3.63) is 41.6 Å². The molecule has 3 aromatic heterocycles. The van der Waals surface area contributed by atoms with Crippen LogP contribution in [-0.4, -0.2) is 64.2 Å². The molecule has 1 N–H and O–H groups in total. The normalized spacial score (nSPS) is 22.2. The Bertz CT molecular complexity index is 1330. The summed E-state index contributed by atoms with van der Waals surface area (Å²) in [6, 6.07) is 4.41. The summed E-state index contributed by atoms with van der Waals surface area (Å²) in [5.74, 6) is 0.909. The smallest absolute Gasteiger partial charge is 0.217 e. The molecule has 0 aromatic carbocycles. The van der Waals surface area contributed by atoms with Gasteiger partial charge in [0.1, 0.15) is 18.1 Å². The first-order valence-corrected chi connectivity index (χ1v) is 13.9. The molecule has 1 atom stereocenters. The highest BCUT2D eigenvalue weighted by molar-refractivity contribution is 7.88. The summed E-state index contributed by atoms with van der Waals surface area (Å²) in [7, 11) is -3.15. The molecule has 0 spiro atoms. The van der Waals surface area contributed by atoms with E-state index in [0.717, 1.165) is 60.2 Å². The Balaban J connectivity index is 1.33. The Kier molecular flexibility index (Phi) is 5.25. The first-order valence-electron chi connectivity index (χ1n) is 12.1. The van der Waals surface area contributed by atoms with Crippen molar-refractivity contribution in [2.24, 2.45) is 0 Å². The summed E-state index contributed by atoms with van der Waals surface area (Å²) in [5, 5.41) is 1.08. The third-order valence-corrected chi connectivity index (χ3v) is 8.63. The minimum absolute atomic E-state index is 0.239. The van der Waals surface area contributed by atoms with Gasteiger partial charge in [-0.15, -0.1) is 0 Å². The average Bonchev–Trinajstić information content (AvgIpc) is 3.50. The van der Waals surface area contributed by atoms with Crippen molar-refractivity contribution in [3.8, 4) is 5.88 Å². The third-order valence-electron chi connectivity index (χ3n) is 7.33. The van der Waals surface area contributed by atoms with Crippen molar-refractivity contribution in [3.63, 3.8) is 0 Å². The first-order chi connectivity index (χ1) is 16.4. The maximum atomic E-state index is 12.0. The molecule has 1 saturated heterocycles. The van der Waals surface area contributed by atoms with E-state index in [-0.39, 0.29) is 18.1 Å². The van der Waals surface area contributed by atoms with Crippen LogP contribution >= 0.6 is 0 Å². The summed E-state index contributed by atoms with van der Waals surface area (Å²) < 4.78 is 31.5. The van der Waals surface area contributed by atoms with Crippen molar-refractivity contribution in [1.29, 1.82) is 0 Å². The Morgan fingerprint density at radius 1 is 1.15 bits per heavy atom. The quantitative estimate of drug-likeness (QED) is 0.596. The number of aromatic amines is 1. The zero-order valence-electron chi connectivity index (χ0n) is 19.6. The van der Waals surface area contributed by atoms with E-state index in [4.69, 9.17) is 9.72 Å². The lowest BCUT2D eigenvalue weighted by molar-refractivity contribution is 0.292. The number of nitrogens with zero attached hydrogens (tertiary/aromatic N) is 5. The van der Waals surface area contributed by atoms with Crippen LogP contribution in [0.2, 0.25) is 0 Å². The van der Waals surface area contributed by atoms with Gasteiger partial charge in [0.15, 0.2) is 0 Å². The van der Waals surface area contributed by atoms with Gasteiger partial charge in [0.05, 0.1) is 23.3 Å². The van der Waals surface area contributed by atoms with E-state index in [0.29, 0.717) is 25.5 Å². The highest BCUT2D eigenvalue weighted by Crippen LogP contribution is 2.39. The largest absolute Gasteiger partial charge is 0.474 e. The molecular weight excluding hydrogens is 452 g/mol. The second kappa shape index (κ2) is 8.20. The molecule has 180 valence electrons. The number of hydrogen-bond acceptors (Lipinski definition) is 7. The average molecular weight is 483 g/mol. The number of hydrogen-bond donors (Lipinski definition) is 1. The fraction of sp³-hybridized carbons (Fsp3) is 0.542. The van der Waals surface area contributed by atoms with Gasteiger partial charge in [0.2, 0.25) is 15.9 Å². The van der Waals surface area contributed by atoms with Gasteiger partial charge < -0.3 is 14.6 Å².